The van der Waals surface area contributed by atoms with Crippen molar-refractivity contribution >= 4 is 5.65 Å². The van der Waals surface area contributed by atoms with E-state index in [9.17, 15) is 0 Å². The van der Waals surface area contributed by atoms with Gasteiger partial charge in [-0.25, -0.2) is 9.67 Å². The molecule has 0 aromatic carbocycles. The van der Waals surface area contributed by atoms with E-state index in [2.05, 4.69) is 41.1 Å². The molecule has 0 radical (unpaired) electrons. The highest BCUT2D eigenvalue weighted by atomic mass is 16.5. The van der Waals surface area contributed by atoms with Gasteiger partial charge in [0.05, 0.1) is 12.8 Å². The Bertz CT molecular complexity index is 1130. The van der Waals surface area contributed by atoms with Crippen molar-refractivity contribution in [3.05, 3.63) is 30.2 Å². The zero-order valence-electron chi connectivity index (χ0n) is 16.3. The lowest BCUT2D eigenvalue weighted by Crippen LogP contribution is -2.19. The minimum Gasteiger partial charge on any atom is -0.492 e. The average Bonchev–Trinajstić information content (AvgIpc) is 3.31. The summed E-state index contributed by atoms with van der Waals surface area (Å²) in [6, 6.07) is 3.94. The molecule has 0 aliphatic rings. The van der Waals surface area contributed by atoms with Crippen molar-refractivity contribution in [1.29, 1.82) is 0 Å². The number of hydrogen-bond acceptors (Lipinski definition) is 6. The summed E-state index contributed by atoms with van der Waals surface area (Å²) >= 11 is 0. The molecule has 9 nitrogen and oxygen atoms in total. The first kappa shape index (κ1) is 17.2. The van der Waals surface area contributed by atoms with Crippen molar-refractivity contribution < 1.29 is 4.74 Å². The standard InChI is InChI=1S/C18H22N8O/c1-18(2,3)12-13(16-19-10-20-25(16)5)23-26-15(11-8-7-9-24(11)4)21-22-17(26)14(12)27-6/h7-10H,1-6H3. The molecule has 4 rings (SSSR count). The van der Waals surface area contributed by atoms with Crippen molar-refractivity contribution in [1.82, 2.24) is 39.1 Å². The number of ether oxygens (including phenoxy) is 1. The fraction of sp³-hybridized carbons (Fsp3) is 0.389. The molecule has 0 unspecified atom stereocenters. The lowest BCUT2D eigenvalue weighted by molar-refractivity contribution is 0.398. The zero-order chi connectivity index (χ0) is 19.3. The molecule has 0 spiro atoms. The molecule has 0 saturated carbocycles. The maximum Gasteiger partial charge on any atom is 0.220 e. The fourth-order valence-corrected chi connectivity index (χ4v) is 3.29. The van der Waals surface area contributed by atoms with Crippen molar-refractivity contribution in [2.75, 3.05) is 7.11 Å². The number of hydrogen-bond donors (Lipinski definition) is 0. The first-order chi connectivity index (χ1) is 12.8. The molecule has 0 fully saturated rings. The number of rotatable bonds is 3. The maximum absolute atomic E-state index is 5.80. The second-order valence-electron chi connectivity index (χ2n) is 7.48. The molecule has 0 amide bonds. The topological polar surface area (TPSA) is 88.0 Å². The number of nitrogens with zero attached hydrogens (tertiary/aromatic N) is 8. The highest BCUT2D eigenvalue weighted by Crippen LogP contribution is 2.40. The highest BCUT2D eigenvalue weighted by molar-refractivity contribution is 5.71. The van der Waals surface area contributed by atoms with Crippen LogP contribution in [0.15, 0.2) is 24.7 Å². The molecular weight excluding hydrogens is 344 g/mol. The summed E-state index contributed by atoms with van der Waals surface area (Å²) in [6.45, 7) is 6.33. The summed E-state index contributed by atoms with van der Waals surface area (Å²) in [5.74, 6) is 1.94. The van der Waals surface area contributed by atoms with E-state index in [4.69, 9.17) is 9.84 Å². The molecule has 4 heterocycles. The molecule has 4 aromatic heterocycles. The molecule has 4 aromatic rings. The quantitative estimate of drug-likeness (QED) is 0.552. The molecule has 0 saturated heterocycles. The fourth-order valence-electron chi connectivity index (χ4n) is 3.29. The molecule has 0 aliphatic heterocycles. The SMILES string of the molecule is COc1c(C(C)(C)C)c(-c2ncnn2C)nn2c(-c3cccn3C)nnc12. The largest absolute Gasteiger partial charge is 0.492 e. The summed E-state index contributed by atoms with van der Waals surface area (Å²) in [6.07, 6.45) is 3.48. The van der Waals surface area contributed by atoms with Gasteiger partial charge < -0.3 is 9.30 Å². The van der Waals surface area contributed by atoms with Gasteiger partial charge in [0.25, 0.3) is 0 Å². The summed E-state index contributed by atoms with van der Waals surface area (Å²) in [4.78, 5) is 4.41. The maximum atomic E-state index is 5.80. The monoisotopic (exact) mass is 366 g/mol. The van der Waals surface area contributed by atoms with Crippen molar-refractivity contribution in [3.8, 4) is 28.8 Å². The smallest absolute Gasteiger partial charge is 0.220 e. The number of aromatic nitrogens is 8. The van der Waals surface area contributed by atoms with Crippen LogP contribution in [0.3, 0.4) is 0 Å². The van der Waals surface area contributed by atoms with Gasteiger partial charge in [-0.1, -0.05) is 20.8 Å². The summed E-state index contributed by atoms with van der Waals surface area (Å²) in [7, 11) is 5.44. The third-order valence-corrected chi connectivity index (χ3v) is 4.56. The van der Waals surface area contributed by atoms with Crippen LogP contribution in [0.1, 0.15) is 26.3 Å². The van der Waals surface area contributed by atoms with E-state index in [0.717, 1.165) is 11.3 Å². The van der Waals surface area contributed by atoms with Crippen LogP contribution in [0.4, 0.5) is 0 Å². The Morgan fingerprint density at radius 1 is 1.07 bits per heavy atom. The number of aryl methyl sites for hydroxylation is 2. The minimum absolute atomic E-state index is 0.252. The van der Waals surface area contributed by atoms with Crippen LogP contribution in [0.5, 0.6) is 5.75 Å². The van der Waals surface area contributed by atoms with Crippen molar-refractivity contribution in [2.24, 2.45) is 14.1 Å². The Balaban J connectivity index is 2.14. The first-order valence-electron chi connectivity index (χ1n) is 8.63. The second-order valence-corrected chi connectivity index (χ2v) is 7.48. The van der Waals surface area contributed by atoms with Crippen molar-refractivity contribution in [3.63, 3.8) is 0 Å². The predicted molar refractivity (Wildman–Crippen MR) is 100 cm³/mol. The van der Waals surface area contributed by atoms with Gasteiger partial charge in [0.2, 0.25) is 11.5 Å². The molecular formula is C18H22N8O. The van der Waals surface area contributed by atoms with Gasteiger partial charge >= 0.3 is 0 Å². The van der Waals surface area contributed by atoms with Crippen LogP contribution < -0.4 is 4.74 Å². The van der Waals surface area contributed by atoms with Gasteiger partial charge in [-0.15, -0.1) is 10.2 Å². The van der Waals surface area contributed by atoms with E-state index in [1.54, 1.807) is 16.3 Å². The van der Waals surface area contributed by atoms with E-state index < -0.39 is 0 Å². The molecule has 9 heteroatoms. The lowest BCUT2D eigenvalue weighted by atomic mass is 9.85. The number of methoxy groups -OCH3 is 1. The van der Waals surface area contributed by atoms with Crippen LogP contribution in [-0.2, 0) is 19.5 Å². The third-order valence-electron chi connectivity index (χ3n) is 4.56. The van der Waals surface area contributed by atoms with Gasteiger partial charge in [0.15, 0.2) is 11.6 Å². The summed E-state index contributed by atoms with van der Waals surface area (Å²) < 4.78 is 11.2. The summed E-state index contributed by atoms with van der Waals surface area (Å²) in [5.41, 5.74) is 2.84. The molecule has 0 bridgehead atoms. The zero-order valence-corrected chi connectivity index (χ0v) is 16.3. The third kappa shape index (κ3) is 2.57. The van der Waals surface area contributed by atoms with E-state index in [1.165, 1.54) is 6.33 Å². The normalized spacial score (nSPS) is 12.1. The van der Waals surface area contributed by atoms with E-state index >= 15 is 0 Å². The van der Waals surface area contributed by atoms with E-state index in [1.807, 2.05) is 37.0 Å². The van der Waals surface area contributed by atoms with Crippen LogP contribution in [0, 0.1) is 0 Å². The first-order valence-corrected chi connectivity index (χ1v) is 8.63. The van der Waals surface area contributed by atoms with E-state index in [0.29, 0.717) is 28.7 Å². The van der Waals surface area contributed by atoms with Crippen LogP contribution in [0.2, 0.25) is 0 Å². The molecule has 0 aliphatic carbocycles. The van der Waals surface area contributed by atoms with Gasteiger partial charge in [0.1, 0.15) is 12.0 Å². The predicted octanol–water partition coefficient (Wildman–Crippen LogP) is 2.23. The second kappa shape index (κ2) is 5.90. The van der Waals surface area contributed by atoms with Crippen LogP contribution in [0.25, 0.3) is 28.7 Å². The Morgan fingerprint density at radius 3 is 2.41 bits per heavy atom. The lowest BCUT2D eigenvalue weighted by Gasteiger charge is -2.24. The Morgan fingerprint density at radius 2 is 1.85 bits per heavy atom. The molecule has 0 N–H and O–H groups in total. The van der Waals surface area contributed by atoms with Gasteiger partial charge in [-0.3, -0.25) is 0 Å². The average molecular weight is 366 g/mol. The van der Waals surface area contributed by atoms with Gasteiger partial charge in [-0.05, 0) is 17.5 Å². The van der Waals surface area contributed by atoms with Crippen LogP contribution >= 0.6 is 0 Å². The Labute approximate surface area is 156 Å². The molecule has 0 atom stereocenters. The summed E-state index contributed by atoms with van der Waals surface area (Å²) in [5, 5.41) is 17.8. The molecule has 27 heavy (non-hydrogen) atoms. The number of fused-ring (bicyclic) bond motifs is 1. The highest BCUT2D eigenvalue weighted by Gasteiger charge is 2.31. The van der Waals surface area contributed by atoms with E-state index in [-0.39, 0.29) is 5.41 Å². The van der Waals surface area contributed by atoms with Crippen LogP contribution in [-0.4, -0.2) is 46.3 Å². The Hall–Kier alpha value is -3.23. The minimum atomic E-state index is -0.252. The molecule has 140 valence electrons. The van der Waals surface area contributed by atoms with Crippen molar-refractivity contribution in [2.45, 2.75) is 26.2 Å². The Kier molecular flexibility index (Phi) is 3.76. The van der Waals surface area contributed by atoms with Gasteiger partial charge in [-0.2, -0.15) is 14.7 Å². The van der Waals surface area contributed by atoms with Gasteiger partial charge in [0, 0.05) is 25.9 Å².